The molecule has 1 unspecified atom stereocenters. The third-order valence-corrected chi connectivity index (χ3v) is 5.24. The Kier molecular flexibility index (Phi) is 10.6. The van der Waals surface area contributed by atoms with Gasteiger partial charge in [0.2, 0.25) is 0 Å². The molecule has 0 bridgehead atoms. The fourth-order valence-electron chi connectivity index (χ4n) is 3.50. The van der Waals surface area contributed by atoms with Gasteiger partial charge < -0.3 is 19.8 Å². The number of benzene rings is 1. The number of guanidine groups is 1. The average Bonchev–Trinajstić information content (AvgIpc) is 3.26. The fourth-order valence-corrected chi connectivity index (χ4v) is 3.50. The van der Waals surface area contributed by atoms with Gasteiger partial charge in [-0.2, -0.15) is 0 Å². The molecule has 30 heavy (non-hydrogen) atoms. The van der Waals surface area contributed by atoms with Crippen LogP contribution in [0.2, 0.25) is 0 Å². The van der Waals surface area contributed by atoms with Crippen LogP contribution in [0, 0.1) is 0 Å². The molecule has 166 valence electrons. The minimum absolute atomic E-state index is 0. The summed E-state index contributed by atoms with van der Waals surface area (Å²) in [6.07, 6.45) is 1.71. The van der Waals surface area contributed by atoms with Gasteiger partial charge in [0.15, 0.2) is 5.96 Å². The van der Waals surface area contributed by atoms with Gasteiger partial charge in [0.25, 0.3) is 0 Å². The lowest BCUT2D eigenvalue weighted by Gasteiger charge is -2.27. The maximum Gasteiger partial charge on any atom is 0.191 e. The van der Waals surface area contributed by atoms with Crippen LogP contribution in [0.4, 0.5) is 0 Å². The average molecular weight is 527 g/mol. The predicted molar refractivity (Wildman–Crippen MR) is 131 cm³/mol. The molecular weight excluding hydrogens is 493 g/mol. The van der Waals surface area contributed by atoms with Crippen LogP contribution in [0.1, 0.15) is 22.9 Å². The zero-order valence-corrected chi connectivity index (χ0v) is 20.5. The van der Waals surface area contributed by atoms with E-state index in [1.165, 1.54) is 11.1 Å². The van der Waals surface area contributed by atoms with Crippen molar-refractivity contribution in [2.75, 3.05) is 54.0 Å². The van der Waals surface area contributed by atoms with E-state index in [0.29, 0.717) is 6.54 Å². The summed E-state index contributed by atoms with van der Waals surface area (Å²) >= 11 is 0. The first-order valence-corrected chi connectivity index (χ1v) is 10.2. The number of nitrogens with zero attached hydrogens (tertiary/aromatic N) is 3. The van der Waals surface area contributed by atoms with Crippen LogP contribution in [-0.2, 0) is 17.8 Å². The fraction of sp³-hybridized carbons (Fsp3) is 0.500. The van der Waals surface area contributed by atoms with E-state index in [9.17, 15) is 0 Å². The molecule has 1 atom stereocenters. The van der Waals surface area contributed by atoms with E-state index in [1.54, 1.807) is 13.3 Å². The van der Waals surface area contributed by atoms with Crippen molar-refractivity contribution in [2.45, 2.75) is 19.1 Å². The van der Waals surface area contributed by atoms with E-state index in [1.807, 2.05) is 26.2 Å². The van der Waals surface area contributed by atoms with E-state index in [0.717, 1.165) is 51.1 Å². The second-order valence-electron chi connectivity index (χ2n) is 7.46. The summed E-state index contributed by atoms with van der Waals surface area (Å²) in [7, 11) is 5.90. The van der Waals surface area contributed by atoms with Crippen LogP contribution >= 0.6 is 24.0 Å². The van der Waals surface area contributed by atoms with Gasteiger partial charge in [0.1, 0.15) is 5.76 Å². The second kappa shape index (κ2) is 12.9. The molecule has 0 saturated carbocycles. The normalized spacial score (nSPS) is 16.2. The quantitative estimate of drug-likeness (QED) is 0.313. The smallest absolute Gasteiger partial charge is 0.191 e. The van der Waals surface area contributed by atoms with E-state index >= 15 is 0 Å². The SMILES string of the molecule is CN=C(NCc1ccccc1CN1CCOCC1)NCC(c1ccco1)N(C)C.I. The maximum atomic E-state index is 5.58. The van der Waals surface area contributed by atoms with Crippen LogP contribution in [-0.4, -0.2) is 69.8 Å². The van der Waals surface area contributed by atoms with Gasteiger partial charge in [0.05, 0.1) is 25.5 Å². The Balaban J connectivity index is 0.00000320. The molecule has 1 aliphatic rings. The number of hydrogen-bond acceptors (Lipinski definition) is 5. The third kappa shape index (κ3) is 7.26. The Hall–Kier alpha value is -1.62. The number of likely N-dealkylation sites (N-methyl/N-ethyl adjacent to an activating group) is 1. The zero-order chi connectivity index (χ0) is 20.5. The minimum atomic E-state index is 0. The van der Waals surface area contributed by atoms with Gasteiger partial charge in [-0.05, 0) is 37.4 Å². The highest BCUT2D eigenvalue weighted by molar-refractivity contribution is 14.0. The number of furan rings is 1. The highest BCUT2D eigenvalue weighted by atomic mass is 127. The van der Waals surface area contributed by atoms with E-state index in [-0.39, 0.29) is 30.0 Å². The molecule has 0 radical (unpaired) electrons. The minimum Gasteiger partial charge on any atom is -0.468 e. The lowest BCUT2D eigenvalue weighted by Crippen LogP contribution is -2.41. The Bertz CT molecular complexity index is 761. The monoisotopic (exact) mass is 527 g/mol. The first-order chi connectivity index (χ1) is 14.2. The number of halogens is 1. The summed E-state index contributed by atoms with van der Waals surface area (Å²) in [4.78, 5) is 8.96. The largest absolute Gasteiger partial charge is 0.468 e. The van der Waals surface area contributed by atoms with Gasteiger partial charge in [-0.15, -0.1) is 24.0 Å². The molecular formula is C22H34IN5O2. The molecule has 0 amide bonds. The summed E-state index contributed by atoms with van der Waals surface area (Å²) in [5.74, 6) is 1.72. The summed E-state index contributed by atoms with van der Waals surface area (Å²) < 4.78 is 11.0. The van der Waals surface area contributed by atoms with Crippen LogP contribution in [0.5, 0.6) is 0 Å². The molecule has 2 N–H and O–H groups in total. The molecule has 2 aromatic rings. The lowest BCUT2D eigenvalue weighted by atomic mass is 10.1. The lowest BCUT2D eigenvalue weighted by molar-refractivity contribution is 0.0341. The van der Waals surface area contributed by atoms with Crippen LogP contribution < -0.4 is 10.6 Å². The van der Waals surface area contributed by atoms with Gasteiger partial charge in [-0.1, -0.05) is 24.3 Å². The Morgan fingerprint density at radius 1 is 1.10 bits per heavy atom. The third-order valence-electron chi connectivity index (χ3n) is 5.24. The van der Waals surface area contributed by atoms with Crippen molar-refractivity contribution < 1.29 is 9.15 Å². The van der Waals surface area contributed by atoms with Gasteiger partial charge >= 0.3 is 0 Å². The summed E-state index contributed by atoms with van der Waals surface area (Å²) in [5.41, 5.74) is 2.64. The molecule has 1 fully saturated rings. The summed E-state index contributed by atoms with van der Waals surface area (Å²) in [6.45, 7) is 6.00. The predicted octanol–water partition coefficient (Wildman–Crippen LogP) is 2.70. The zero-order valence-electron chi connectivity index (χ0n) is 18.1. The molecule has 7 nitrogen and oxygen atoms in total. The number of ether oxygens (including phenoxy) is 1. The Morgan fingerprint density at radius 2 is 1.83 bits per heavy atom. The van der Waals surface area contributed by atoms with Gasteiger partial charge in [-0.25, -0.2) is 0 Å². The van der Waals surface area contributed by atoms with Gasteiger partial charge in [0, 0.05) is 39.8 Å². The number of rotatable bonds is 8. The summed E-state index contributed by atoms with van der Waals surface area (Å²) in [6, 6.07) is 12.7. The topological polar surface area (TPSA) is 65.3 Å². The van der Waals surface area contributed by atoms with Crippen molar-refractivity contribution in [3.8, 4) is 0 Å². The molecule has 1 saturated heterocycles. The van der Waals surface area contributed by atoms with Crippen molar-refractivity contribution in [2.24, 2.45) is 4.99 Å². The van der Waals surface area contributed by atoms with Crippen LogP contribution in [0.25, 0.3) is 0 Å². The molecule has 8 heteroatoms. The molecule has 0 aliphatic carbocycles. The van der Waals surface area contributed by atoms with E-state index < -0.39 is 0 Å². The highest BCUT2D eigenvalue weighted by Crippen LogP contribution is 2.17. The number of nitrogens with one attached hydrogen (secondary N) is 2. The summed E-state index contributed by atoms with van der Waals surface area (Å²) in [5, 5.41) is 6.87. The van der Waals surface area contributed by atoms with Crippen molar-refractivity contribution in [1.82, 2.24) is 20.4 Å². The molecule has 3 rings (SSSR count). The van der Waals surface area contributed by atoms with Crippen molar-refractivity contribution >= 4 is 29.9 Å². The highest BCUT2D eigenvalue weighted by Gasteiger charge is 2.17. The standard InChI is InChI=1S/C22H33N5O2.HI/c1-23-22(25-16-20(26(2)3)21-9-6-12-29-21)24-15-18-7-4-5-8-19(18)17-27-10-13-28-14-11-27;/h4-9,12,20H,10-11,13-17H2,1-3H3,(H2,23,24,25);1H. The molecule has 2 heterocycles. The Morgan fingerprint density at radius 3 is 2.47 bits per heavy atom. The molecule has 1 aromatic carbocycles. The second-order valence-corrected chi connectivity index (χ2v) is 7.46. The maximum absolute atomic E-state index is 5.58. The first kappa shape index (κ1) is 24.6. The molecule has 1 aliphatic heterocycles. The van der Waals surface area contributed by atoms with E-state index in [4.69, 9.17) is 9.15 Å². The number of morpholine rings is 1. The van der Waals surface area contributed by atoms with Gasteiger partial charge in [-0.3, -0.25) is 14.8 Å². The number of hydrogen-bond donors (Lipinski definition) is 2. The van der Waals surface area contributed by atoms with E-state index in [2.05, 4.69) is 49.7 Å². The van der Waals surface area contributed by atoms with Crippen molar-refractivity contribution in [3.05, 3.63) is 59.5 Å². The van der Waals surface area contributed by atoms with Crippen LogP contribution in [0.3, 0.4) is 0 Å². The van der Waals surface area contributed by atoms with Crippen molar-refractivity contribution in [3.63, 3.8) is 0 Å². The molecule has 1 aromatic heterocycles. The number of aliphatic imine (C=N–C) groups is 1. The van der Waals surface area contributed by atoms with Crippen LogP contribution in [0.15, 0.2) is 52.1 Å². The Labute approximate surface area is 196 Å². The first-order valence-electron chi connectivity index (χ1n) is 10.2. The van der Waals surface area contributed by atoms with Crippen molar-refractivity contribution in [1.29, 1.82) is 0 Å². The molecule has 0 spiro atoms.